The van der Waals surface area contributed by atoms with Crippen LogP contribution in [0.2, 0.25) is 0 Å². The molecule has 1 atom stereocenters. The second-order valence-electron chi connectivity index (χ2n) is 7.10. The van der Waals surface area contributed by atoms with E-state index in [0.717, 1.165) is 32.2 Å². The van der Waals surface area contributed by atoms with E-state index in [9.17, 15) is 23.1 Å². The molecule has 0 saturated carbocycles. The molecule has 1 N–H and O–H groups in total. The van der Waals surface area contributed by atoms with Gasteiger partial charge in [-0.15, -0.1) is 11.3 Å². The fourth-order valence-corrected chi connectivity index (χ4v) is 4.77. The fraction of sp³-hybridized carbons (Fsp3) is 0.125. The zero-order chi connectivity index (χ0) is 21.5. The number of carboxylic acid groups (broad SMARTS) is 1. The summed E-state index contributed by atoms with van der Waals surface area (Å²) in [6.07, 6.45) is -4.38. The van der Waals surface area contributed by atoms with E-state index in [4.69, 9.17) is 0 Å². The maximum atomic E-state index is 13.1. The molecule has 2 nitrogen and oxygen atoms in total. The van der Waals surface area contributed by atoms with Gasteiger partial charge in [0.1, 0.15) is 0 Å². The first-order valence-corrected chi connectivity index (χ1v) is 10.1. The summed E-state index contributed by atoms with van der Waals surface area (Å²) < 4.78 is 40.3. The molecule has 6 heteroatoms. The highest BCUT2D eigenvalue weighted by atomic mass is 32.1. The van der Waals surface area contributed by atoms with Crippen molar-refractivity contribution in [3.05, 3.63) is 94.4 Å². The largest absolute Gasteiger partial charge is 0.478 e. The van der Waals surface area contributed by atoms with Crippen LogP contribution in [0.4, 0.5) is 13.2 Å². The van der Waals surface area contributed by atoms with Crippen molar-refractivity contribution < 1.29 is 23.1 Å². The molecule has 0 radical (unpaired) electrons. The SMILES string of the molecule is CC(c1cccc(C(F)(F)F)c1)c1cc2cccc(-c3cccc(C(=O)O)c3)c2s1. The maximum absolute atomic E-state index is 13.1. The lowest BCUT2D eigenvalue weighted by Crippen LogP contribution is -2.06. The molecule has 0 aliphatic rings. The minimum atomic E-state index is -4.38. The number of hydrogen-bond donors (Lipinski definition) is 1. The van der Waals surface area contributed by atoms with Crippen LogP contribution in [0.5, 0.6) is 0 Å². The molecule has 1 aromatic heterocycles. The topological polar surface area (TPSA) is 37.3 Å². The molecule has 0 saturated heterocycles. The van der Waals surface area contributed by atoms with E-state index < -0.39 is 17.7 Å². The first kappa shape index (κ1) is 20.2. The predicted octanol–water partition coefficient (Wildman–Crippen LogP) is 7.44. The lowest BCUT2D eigenvalue weighted by atomic mass is 9.96. The average Bonchev–Trinajstić information content (AvgIpc) is 3.17. The molecule has 30 heavy (non-hydrogen) atoms. The minimum Gasteiger partial charge on any atom is -0.478 e. The van der Waals surface area contributed by atoms with E-state index in [1.54, 1.807) is 24.3 Å². The van der Waals surface area contributed by atoms with Gasteiger partial charge < -0.3 is 5.11 Å². The normalized spacial score (nSPS) is 12.8. The van der Waals surface area contributed by atoms with Gasteiger partial charge in [0.25, 0.3) is 0 Å². The van der Waals surface area contributed by atoms with E-state index in [2.05, 4.69) is 0 Å². The third-order valence-electron chi connectivity index (χ3n) is 5.12. The van der Waals surface area contributed by atoms with Crippen LogP contribution in [0, 0.1) is 0 Å². The molecule has 1 unspecified atom stereocenters. The molecule has 4 aromatic rings. The number of halogens is 3. The first-order chi connectivity index (χ1) is 14.2. The summed E-state index contributed by atoms with van der Waals surface area (Å²) in [6, 6.07) is 19.9. The van der Waals surface area contributed by atoms with Crippen LogP contribution >= 0.6 is 11.3 Å². The number of aromatic carboxylic acids is 1. The minimum absolute atomic E-state index is 0.206. The van der Waals surface area contributed by atoms with Crippen LogP contribution in [0.1, 0.15) is 39.2 Å². The number of fused-ring (bicyclic) bond motifs is 1. The standard InChI is InChI=1S/C24H17F3O2S/c1-14(15-5-3-9-19(12-15)24(25,26)27)21-13-17-7-4-10-20(22(17)30-21)16-6-2-8-18(11-16)23(28)29/h2-14H,1H3,(H,28,29). The Balaban J connectivity index is 1.77. The van der Waals surface area contributed by atoms with Crippen LogP contribution in [0.25, 0.3) is 21.2 Å². The van der Waals surface area contributed by atoms with Crippen molar-refractivity contribution in [2.75, 3.05) is 0 Å². The highest BCUT2D eigenvalue weighted by Gasteiger charge is 2.31. The molecule has 0 aliphatic carbocycles. The quantitative estimate of drug-likeness (QED) is 0.368. The van der Waals surface area contributed by atoms with Crippen molar-refractivity contribution in [2.45, 2.75) is 19.0 Å². The Morgan fingerprint density at radius 3 is 2.43 bits per heavy atom. The molecule has 3 aromatic carbocycles. The number of hydrogen-bond acceptors (Lipinski definition) is 2. The van der Waals surface area contributed by atoms with Gasteiger partial charge in [0.05, 0.1) is 11.1 Å². The van der Waals surface area contributed by atoms with E-state index in [1.165, 1.54) is 23.5 Å². The number of alkyl halides is 3. The molecule has 0 bridgehead atoms. The van der Waals surface area contributed by atoms with Crippen molar-refractivity contribution in [1.82, 2.24) is 0 Å². The van der Waals surface area contributed by atoms with Crippen molar-refractivity contribution in [3.8, 4) is 11.1 Å². The van der Waals surface area contributed by atoms with Gasteiger partial charge >= 0.3 is 12.1 Å². The first-order valence-electron chi connectivity index (χ1n) is 9.27. The summed E-state index contributed by atoms with van der Waals surface area (Å²) in [5, 5.41) is 10.3. The van der Waals surface area contributed by atoms with Crippen LogP contribution in [-0.2, 0) is 6.18 Å². The molecule has 0 spiro atoms. The molecule has 0 amide bonds. The van der Waals surface area contributed by atoms with Gasteiger partial charge in [-0.1, -0.05) is 55.5 Å². The lowest BCUT2D eigenvalue weighted by Gasteiger charge is -2.13. The molecule has 0 aliphatic heterocycles. The number of thiophene rings is 1. The molecule has 1 heterocycles. The number of carboxylic acids is 1. The van der Waals surface area contributed by atoms with E-state index >= 15 is 0 Å². The summed E-state index contributed by atoms with van der Waals surface area (Å²) >= 11 is 1.52. The van der Waals surface area contributed by atoms with Gasteiger partial charge in [-0.05, 0) is 46.3 Å². The van der Waals surface area contributed by atoms with Gasteiger partial charge in [-0.2, -0.15) is 13.2 Å². The zero-order valence-electron chi connectivity index (χ0n) is 15.9. The Kier molecular flexibility index (Phi) is 5.12. The summed E-state index contributed by atoms with van der Waals surface area (Å²) in [5.74, 6) is -1.20. The Morgan fingerprint density at radius 2 is 1.70 bits per heavy atom. The van der Waals surface area contributed by atoms with Crippen LogP contribution < -0.4 is 0 Å². The van der Waals surface area contributed by atoms with Gasteiger partial charge in [0.15, 0.2) is 0 Å². The number of benzene rings is 3. The van der Waals surface area contributed by atoms with Crippen molar-refractivity contribution in [3.63, 3.8) is 0 Å². The smallest absolute Gasteiger partial charge is 0.416 e. The average molecular weight is 426 g/mol. The van der Waals surface area contributed by atoms with E-state index in [-0.39, 0.29) is 11.5 Å². The van der Waals surface area contributed by atoms with E-state index in [0.29, 0.717) is 5.56 Å². The van der Waals surface area contributed by atoms with Crippen molar-refractivity contribution >= 4 is 27.4 Å². The van der Waals surface area contributed by atoms with Crippen LogP contribution in [-0.4, -0.2) is 11.1 Å². The monoisotopic (exact) mass is 426 g/mol. The number of carbonyl (C=O) groups is 1. The van der Waals surface area contributed by atoms with Crippen LogP contribution in [0.15, 0.2) is 72.8 Å². The Morgan fingerprint density at radius 1 is 0.967 bits per heavy atom. The maximum Gasteiger partial charge on any atom is 0.416 e. The molecular formula is C24H17F3O2S. The highest BCUT2D eigenvalue weighted by molar-refractivity contribution is 7.19. The second kappa shape index (κ2) is 7.61. The fourth-order valence-electron chi connectivity index (χ4n) is 3.49. The number of rotatable bonds is 4. The third-order valence-corrected chi connectivity index (χ3v) is 6.49. The molecular weight excluding hydrogens is 409 g/mol. The zero-order valence-corrected chi connectivity index (χ0v) is 16.7. The highest BCUT2D eigenvalue weighted by Crippen LogP contribution is 2.40. The molecule has 0 fully saturated rings. The third kappa shape index (κ3) is 3.83. The van der Waals surface area contributed by atoms with Gasteiger partial charge in [-0.25, -0.2) is 4.79 Å². The predicted molar refractivity (Wildman–Crippen MR) is 113 cm³/mol. The lowest BCUT2D eigenvalue weighted by molar-refractivity contribution is -0.137. The van der Waals surface area contributed by atoms with Crippen molar-refractivity contribution in [2.24, 2.45) is 0 Å². The summed E-state index contributed by atoms with van der Waals surface area (Å²) in [5.41, 5.74) is 1.85. The van der Waals surface area contributed by atoms with Gasteiger partial charge in [-0.3, -0.25) is 0 Å². The molecule has 4 rings (SSSR count). The summed E-state index contributed by atoms with van der Waals surface area (Å²) in [7, 11) is 0. The molecule has 152 valence electrons. The Hall–Kier alpha value is -3.12. The van der Waals surface area contributed by atoms with Crippen molar-refractivity contribution in [1.29, 1.82) is 0 Å². The second-order valence-corrected chi connectivity index (χ2v) is 8.19. The van der Waals surface area contributed by atoms with Gasteiger partial charge in [0, 0.05) is 15.5 Å². The Bertz CT molecular complexity index is 1240. The van der Waals surface area contributed by atoms with Gasteiger partial charge in [0.2, 0.25) is 0 Å². The van der Waals surface area contributed by atoms with Crippen LogP contribution in [0.3, 0.4) is 0 Å². The summed E-state index contributed by atoms with van der Waals surface area (Å²) in [6.45, 7) is 1.89. The Labute approximate surface area is 175 Å². The van der Waals surface area contributed by atoms with E-state index in [1.807, 2.05) is 37.3 Å². The summed E-state index contributed by atoms with van der Waals surface area (Å²) in [4.78, 5) is 12.3.